The highest BCUT2D eigenvalue weighted by Gasteiger charge is 2.47. The lowest BCUT2D eigenvalue weighted by Gasteiger charge is -2.44. The second-order valence-corrected chi connectivity index (χ2v) is 11.0. The van der Waals surface area contributed by atoms with Crippen molar-refractivity contribution in [3.8, 4) is 0 Å². The first kappa shape index (κ1) is 21.2. The number of thioether (sulfide) groups is 1. The first-order chi connectivity index (χ1) is 12.8. The summed E-state index contributed by atoms with van der Waals surface area (Å²) in [6, 6.07) is 8.27. The molecule has 0 radical (unpaired) electrons. The van der Waals surface area contributed by atoms with Gasteiger partial charge in [-0.2, -0.15) is 0 Å². The van der Waals surface area contributed by atoms with Crippen LogP contribution in [-0.2, 0) is 14.3 Å². The zero-order valence-corrected chi connectivity index (χ0v) is 19.1. The predicted octanol–water partition coefficient (Wildman–Crippen LogP) is 6.44. The number of halogens is 1. The summed E-state index contributed by atoms with van der Waals surface area (Å²) in [5.74, 6) is 0.193. The summed E-state index contributed by atoms with van der Waals surface area (Å²) < 4.78 is 13.1. The summed E-state index contributed by atoms with van der Waals surface area (Å²) in [5.41, 5.74) is -0.217. The molecule has 1 aromatic rings. The maximum absolute atomic E-state index is 13.1. The molecule has 0 bridgehead atoms. The van der Waals surface area contributed by atoms with Gasteiger partial charge in [0.2, 0.25) is 6.29 Å². The molecule has 1 aliphatic heterocycles. The predicted molar refractivity (Wildman–Crippen MR) is 114 cm³/mol. The fourth-order valence-electron chi connectivity index (χ4n) is 4.08. The van der Waals surface area contributed by atoms with Crippen molar-refractivity contribution in [2.75, 3.05) is 0 Å². The van der Waals surface area contributed by atoms with E-state index in [1.807, 2.05) is 45.5 Å². The van der Waals surface area contributed by atoms with Crippen molar-refractivity contribution in [1.29, 1.82) is 0 Å². The molecular weight excluding hydrogens is 424 g/mol. The SMILES string of the molecule is C[C@H]1O[C@@H](C(C)(C)C)OC(=O)[C@@H]1[C@@H](Sc1ccccc1Br)C1CCCCC1. The van der Waals surface area contributed by atoms with Gasteiger partial charge in [-0.05, 0) is 53.7 Å². The molecule has 1 aromatic carbocycles. The van der Waals surface area contributed by atoms with Crippen molar-refractivity contribution in [1.82, 2.24) is 0 Å². The van der Waals surface area contributed by atoms with Gasteiger partial charge in [0.15, 0.2) is 0 Å². The third-order valence-corrected chi connectivity index (χ3v) is 8.13. The van der Waals surface area contributed by atoms with Crippen LogP contribution in [0.25, 0.3) is 0 Å². The van der Waals surface area contributed by atoms with Crippen LogP contribution in [0.3, 0.4) is 0 Å². The third kappa shape index (κ3) is 5.10. The molecular formula is C22H31BrO3S. The average Bonchev–Trinajstić information content (AvgIpc) is 2.62. The van der Waals surface area contributed by atoms with Gasteiger partial charge < -0.3 is 9.47 Å². The van der Waals surface area contributed by atoms with Crippen molar-refractivity contribution in [3.05, 3.63) is 28.7 Å². The Morgan fingerprint density at radius 2 is 1.81 bits per heavy atom. The minimum Gasteiger partial charge on any atom is -0.435 e. The lowest BCUT2D eigenvalue weighted by Crippen LogP contribution is -2.52. The third-order valence-electron chi connectivity index (χ3n) is 5.61. The molecule has 3 rings (SSSR count). The molecule has 0 unspecified atom stereocenters. The Morgan fingerprint density at radius 3 is 2.41 bits per heavy atom. The van der Waals surface area contributed by atoms with Gasteiger partial charge in [-0.15, -0.1) is 11.8 Å². The molecule has 27 heavy (non-hydrogen) atoms. The van der Waals surface area contributed by atoms with Crippen LogP contribution >= 0.6 is 27.7 Å². The molecule has 1 saturated carbocycles. The van der Waals surface area contributed by atoms with E-state index in [-0.39, 0.29) is 28.7 Å². The number of benzene rings is 1. The van der Waals surface area contributed by atoms with Gasteiger partial charge in [0, 0.05) is 20.0 Å². The van der Waals surface area contributed by atoms with Gasteiger partial charge in [0.05, 0.1) is 12.0 Å². The molecule has 1 heterocycles. The Kier molecular flexibility index (Phi) is 6.97. The Bertz CT molecular complexity index is 651. The van der Waals surface area contributed by atoms with E-state index in [1.165, 1.54) is 37.0 Å². The standard InChI is InChI=1S/C22H31BrO3S/c1-14-18(20(24)26-21(25-14)22(2,3)4)19(15-10-6-5-7-11-15)27-17-13-9-8-12-16(17)23/h8-9,12-15,18-19,21H,5-7,10-11H2,1-4H3/t14-,18+,19+,21-/m1/s1. The van der Waals surface area contributed by atoms with Crippen LogP contribution < -0.4 is 0 Å². The Balaban J connectivity index is 1.85. The highest BCUT2D eigenvalue weighted by molar-refractivity contribution is 9.10. The number of hydrogen-bond acceptors (Lipinski definition) is 4. The smallest absolute Gasteiger partial charge is 0.315 e. The summed E-state index contributed by atoms with van der Waals surface area (Å²) in [6.45, 7) is 8.19. The van der Waals surface area contributed by atoms with E-state index in [1.54, 1.807) is 0 Å². The van der Waals surface area contributed by atoms with E-state index in [4.69, 9.17) is 9.47 Å². The van der Waals surface area contributed by atoms with Gasteiger partial charge in [-0.1, -0.05) is 52.2 Å². The number of ether oxygens (including phenoxy) is 2. The van der Waals surface area contributed by atoms with Crippen molar-refractivity contribution >= 4 is 33.7 Å². The lowest BCUT2D eigenvalue weighted by molar-refractivity contribution is -0.254. The fraction of sp³-hybridized carbons (Fsp3) is 0.682. The number of esters is 1. The first-order valence-electron chi connectivity index (χ1n) is 10.0. The van der Waals surface area contributed by atoms with Crippen molar-refractivity contribution in [2.24, 2.45) is 17.3 Å². The molecule has 3 nitrogen and oxygen atoms in total. The van der Waals surface area contributed by atoms with E-state index in [2.05, 4.69) is 34.1 Å². The minimum absolute atomic E-state index is 0.0937. The van der Waals surface area contributed by atoms with Gasteiger partial charge in [0.1, 0.15) is 0 Å². The van der Waals surface area contributed by atoms with Crippen LogP contribution in [0.15, 0.2) is 33.6 Å². The van der Waals surface area contributed by atoms with Crippen molar-refractivity contribution in [2.45, 2.75) is 82.3 Å². The Labute approximate surface area is 176 Å². The molecule has 0 aromatic heterocycles. The second-order valence-electron chi connectivity index (χ2n) is 8.91. The van der Waals surface area contributed by atoms with E-state index in [0.29, 0.717) is 5.92 Å². The minimum atomic E-state index is -0.475. The van der Waals surface area contributed by atoms with Crippen LogP contribution in [0, 0.1) is 17.3 Å². The summed E-state index contributed by atoms with van der Waals surface area (Å²) in [5, 5.41) is 0.174. The first-order valence-corrected chi connectivity index (χ1v) is 11.7. The molecule has 150 valence electrons. The number of hydrogen-bond donors (Lipinski definition) is 0. The number of carbonyl (C=O) groups is 1. The number of cyclic esters (lactones) is 1. The quantitative estimate of drug-likeness (QED) is 0.387. The summed E-state index contributed by atoms with van der Waals surface area (Å²) >= 11 is 5.49. The molecule has 5 heteroatoms. The molecule has 2 aliphatic rings. The molecule has 1 aliphatic carbocycles. The van der Waals surface area contributed by atoms with Crippen LogP contribution in [0.1, 0.15) is 59.8 Å². The van der Waals surface area contributed by atoms with E-state index in [0.717, 1.165) is 4.47 Å². The van der Waals surface area contributed by atoms with E-state index < -0.39 is 6.29 Å². The highest BCUT2D eigenvalue weighted by Crippen LogP contribution is 2.45. The Morgan fingerprint density at radius 1 is 1.15 bits per heavy atom. The van der Waals surface area contributed by atoms with Gasteiger partial charge in [-0.3, -0.25) is 4.79 Å². The summed E-state index contributed by atoms with van der Waals surface area (Å²) in [6.07, 6.45) is 5.55. The van der Waals surface area contributed by atoms with E-state index in [9.17, 15) is 4.79 Å². The normalized spacial score (nSPS) is 28.6. The molecule has 1 saturated heterocycles. The number of carbonyl (C=O) groups excluding carboxylic acids is 1. The molecule has 4 atom stereocenters. The zero-order valence-electron chi connectivity index (χ0n) is 16.7. The highest BCUT2D eigenvalue weighted by atomic mass is 79.9. The molecule has 2 fully saturated rings. The van der Waals surface area contributed by atoms with Gasteiger partial charge in [-0.25, -0.2) is 0 Å². The van der Waals surface area contributed by atoms with Gasteiger partial charge >= 0.3 is 5.97 Å². The molecule has 0 N–H and O–H groups in total. The number of rotatable bonds is 4. The topological polar surface area (TPSA) is 35.5 Å². The van der Waals surface area contributed by atoms with Crippen LogP contribution in [-0.4, -0.2) is 23.6 Å². The fourth-order valence-corrected chi connectivity index (χ4v) is 6.22. The maximum atomic E-state index is 13.1. The summed E-state index contributed by atoms with van der Waals surface area (Å²) in [4.78, 5) is 14.3. The van der Waals surface area contributed by atoms with Crippen LogP contribution in [0.5, 0.6) is 0 Å². The zero-order chi connectivity index (χ0) is 19.6. The van der Waals surface area contributed by atoms with E-state index >= 15 is 0 Å². The van der Waals surface area contributed by atoms with Crippen molar-refractivity contribution in [3.63, 3.8) is 0 Å². The lowest BCUT2D eigenvalue weighted by atomic mass is 9.80. The molecule has 0 amide bonds. The molecule has 0 spiro atoms. The largest absolute Gasteiger partial charge is 0.435 e. The maximum Gasteiger partial charge on any atom is 0.315 e. The second kappa shape index (κ2) is 8.87. The van der Waals surface area contributed by atoms with Crippen molar-refractivity contribution < 1.29 is 14.3 Å². The van der Waals surface area contributed by atoms with Crippen LogP contribution in [0.2, 0.25) is 0 Å². The van der Waals surface area contributed by atoms with Gasteiger partial charge in [0.25, 0.3) is 0 Å². The monoisotopic (exact) mass is 454 g/mol. The Hall–Kier alpha value is -0.520. The summed E-state index contributed by atoms with van der Waals surface area (Å²) in [7, 11) is 0. The van der Waals surface area contributed by atoms with Crippen LogP contribution in [0.4, 0.5) is 0 Å². The average molecular weight is 455 g/mol.